The van der Waals surface area contributed by atoms with Crippen LogP contribution >= 0.6 is 0 Å². The van der Waals surface area contributed by atoms with E-state index in [1.165, 1.54) is 19.3 Å². The third-order valence-electron chi connectivity index (χ3n) is 5.90. The molecule has 2 aromatic rings. The fraction of sp³-hybridized carbons (Fsp3) is 0.364. The zero-order valence-corrected chi connectivity index (χ0v) is 13.7. The number of hydrogen-bond acceptors (Lipinski definition) is 2. The van der Waals surface area contributed by atoms with Crippen molar-refractivity contribution < 1.29 is 9.59 Å². The molecule has 0 radical (unpaired) electrons. The molecule has 3 atom stereocenters. The Labute approximate surface area is 142 Å². The molecule has 0 aliphatic heterocycles. The van der Waals surface area contributed by atoms with Gasteiger partial charge in [0.05, 0.1) is 5.92 Å². The van der Waals surface area contributed by atoms with Gasteiger partial charge < -0.3 is 0 Å². The lowest BCUT2D eigenvalue weighted by atomic mass is 9.73. The van der Waals surface area contributed by atoms with Crippen molar-refractivity contribution in [2.24, 2.45) is 23.7 Å². The summed E-state index contributed by atoms with van der Waals surface area (Å²) in [4.78, 5) is 26.4. The van der Waals surface area contributed by atoms with Crippen molar-refractivity contribution in [3.63, 3.8) is 0 Å². The summed E-state index contributed by atoms with van der Waals surface area (Å²) >= 11 is 0. The van der Waals surface area contributed by atoms with E-state index in [0.29, 0.717) is 17.0 Å². The van der Waals surface area contributed by atoms with Crippen LogP contribution in [0.3, 0.4) is 0 Å². The Balaban J connectivity index is 1.70. The molecule has 2 bridgehead atoms. The van der Waals surface area contributed by atoms with Gasteiger partial charge in [0.1, 0.15) is 0 Å². The lowest BCUT2D eigenvalue weighted by molar-refractivity contribution is 0.0709. The Kier molecular flexibility index (Phi) is 4.05. The van der Waals surface area contributed by atoms with E-state index in [1.54, 1.807) is 0 Å². The van der Waals surface area contributed by atoms with Crippen LogP contribution < -0.4 is 0 Å². The molecule has 0 aromatic heterocycles. The van der Waals surface area contributed by atoms with E-state index in [-0.39, 0.29) is 17.5 Å². The van der Waals surface area contributed by atoms with E-state index in [4.69, 9.17) is 0 Å². The van der Waals surface area contributed by atoms with Crippen molar-refractivity contribution in [1.82, 2.24) is 0 Å². The molecule has 2 heteroatoms. The molecule has 0 saturated heterocycles. The minimum atomic E-state index is -0.523. The molecule has 2 aliphatic rings. The van der Waals surface area contributed by atoms with Crippen molar-refractivity contribution in [3.8, 4) is 0 Å². The van der Waals surface area contributed by atoms with Crippen LogP contribution in [0.15, 0.2) is 60.7 Å². The highest BCUT2D eigenvalue weighted by Gasteiger charge is 2.47. The minimum absolute atomic E-state index is 0.00185. The molecular weight excluding hydrogens is 296 g/mol. The molecule has 24 heavy (non-hydrogen) atoms. The van der Waals surface area contributed by atoms with Gasteiger partial charge in [0.25, 0.3) is 0 Å². The van der Waals surface area contributed by atoms with Crippen LogP contribution in [0.2, 0.25) is 0 Å². The minimum Gasteiger partial charge on any atom is -0.293 e. The highest BCUT2D eigenvalue weighted by molar-refractivity contribution is 6.16. The first kappa shape index (κ1) is 15.3. The molecular formula is C22H22O2. The van der Waals surface area contributed by atoms with Crippen LogP contribution in [0.4, 0.5) is 0 Å². The Hall–Kier alpha value is -2.22. The van der Waals surface area contributed by atoms with Gasteiger partial charge in [-0.05, 0) is 37.0 Å². The molecule has 2 aromatic carbocycles. The second kappa shape index (κ2) is 6.35. The number of fused-ring (bicyclic) bond motifs is 2. The van der Waals surface area contributed by atoms with Crippen molar-refractivity contribution >= 4 is 11.6 Å². The number of benzene rings is 2. The van der Waals surface area contributed by atoms with E-state index in [0.717, 1.165) is 12.3 Å². The Morgan fingerprint density at radius 3 is 1.71 bits per heavy atom. The van der Waals surface area contributed by atoms with Crippen LogP contribution in [0, 0.1) is 23.7 Å². The first-order valence-electron chi connectivity index (χ1n) is 8.92. The highest BCUT2D eigenvalue weighted by Crippen LogP contribution is 2.52. The maximum atomic E-state index is 13.2. The summed E-state index contributed by atoms with van der Waals surface area (Å²) in [5.41, 5.74) is 1.32. The number of hydrogen-bond donors (Lipinski definition) is 0. The van der Waals surface area contributed by atoms with E-state index in [9.17, 15) is 9.59 Å². The molecule has 0 N–H and O–H groups in total. The molecule has 0 heterocycles. The predicted octanol–water partition coefficient (Wildman–Crippen LogP) is 4.80. The van der Waals surface area contributed by atoms with Crippen molar-refractivity contribution in [1.29, 1.82) is 0 Å². The summed E-state index contributed by atoms with van der Waals surface area (Å²) in [6.07, 6.45) is 4.68. The lowest BCUT2D eigenvalue weighted by Crippen LogP contribution is -2.34. The van der Waals surface area contributed by atoms with Gasteiger partial charge in [-0.25, -0.2) is 0 Å². The van der Waals surface area contributed by atoms with Gasteiger partial charge in [-0.2, -0.15) is 0 Å². The molecule has 2 saturated carbocycles. The smallest absolute Gasteiger partial charge is 0.173 e. The van der Waals surface area contributed by atoms with E-state index >= 15 is 0 Å². The van der Waals surface area contributed by atoms with E-state index < -0.39 is 5.92 Å². The molecule has 2 nitrogen and oxygen atoms in total. The van der Waals surface area contributed by atoms with Crippen LogP contribution in [0.25, 0.3) is 0 Å². The van der Waals surface area contributed by atoms with Crippen molar-refractivity contribution in [3.05, 3.63) is 71.8 Å². The Morgan fingerprint density at radius 2 is 1.29 bits per heavy atom. The summed E-state index contributed by atoms with van der Waals surface area (Å²) in [6.45, 7) is 0. The van der Waals surface area contributed by atoms with Crippen molar-refractivity contribution in [2.45, 2.75) is 25.7 Å². The molecule has 0 spiro atoms. The predicted molar refractivity (Wildman–Crippen MR) is 94.0 cm³/mol. The number of ketones is 2. The van der Waals surface area contributed by atoms with Gasteiger partial charge in [-0.3, -0.25) is 9.59 Å². The average Bonchev–Trinajstić information content (AvgIpc) is 3.26. The number of carbonyl (C=O) groups excluding carboxylic acids is 2. The van der Waals surface area contributed by atoms with Gasteiger partial charge in [-0.15, -0.1) is 0 Å². The third kappa shape index (κ3) is 2.71. The highest BCUT2D eigenvalue weighted by atomic mass is 16.2. The first-order valence-corrected chi connectivity index (χ1v) is 8.92. The molecule has 122 valence electrons. The van der Waals surface area contributed by atoms with Gasteiger partial charge >= 0.3 is 0 Å². The van der Waals surface area contributed by atoms with Crippen LogP contribution in [-0.4, -0.2) is 11.6 Å². The summed E-state index contributed by atoms with van der Waals surface area (Å²) in [6, 6.07) is 18.6. The summed E-state index contributed by atoms with van der Waals surface area (Å²) in [5.74, 6) is 0.952. The number of carbonyl (C=O) groups is 2. The zero-order valence-electron chi connectivity index (χ0n) is 13.7. The quantitative estimate of drug-likeness (QED) is 0.586. The maximum Gasteiger partial charge on any atom is 0.173 e. The topological polar surface area (TPSA) is 34.1 Å². The Morgan fingerprint density at radius 1 is 0.750 bits per heavy atom. The van der Waals surface area contributed by atoms with Crippen LogP contribution in [0.1, 0.15) is 46.4 Å². The SMILES string of the molecule is O=C(c1ccccc1)C(C(=O)c1ccccc1)[C@H]1C[C@@H]2CC[C@H]1C2. The number of Topliss-reactive ketones (excluding diaryl/α,β-unsaturated/α-hetero) is 2. The second-order valence-electron chi connectivity index (χ2n) is 7.28. The lowest BCUT2D eigenvalue weighted by Gasteiger charge is -2.28. The maximum absolute atomic E-state index is 13.2. The van der Waals surface area contributed by atoms with E-state index in [1.807, 2.05) is 60.7 Å². The normalized spacial score (nSPS) is 25.1. The first-order chi connectivity index (χ1) is 11.7. The van der Waals surface area contributed by atoms with Gasteiger partial charge in [-0.1, -0.05) is 67.1 Å². The van der Waals surface area contributed by atoms with Gasteiger partial charge in [0, 0.05) is 11.1 Å². The third-order valence-corrected chi connectivity index (χ3v) is 5.90. The zero-order chi connectivity index (χ0) is 16.5. The monoisotopic (exact) mass is 318 g/mol. The van der Waals surface area contributed by atoms with Crippen LogP contribution in [-0.2, 0) is 0 Å². The van der Waals surface area contributed by atoms with Crippen LogP contribution in [0.5, 0.6) is 0 Å². The van der Waals surface area contributed by atoms with Gasteiger partial charge in [0.15, 0.2) is 11.6 Å². The number of rotatable bonds is 5. The molecule has 2 aliphatic carbocycles. The second-order valence-corrected chi connectivity index (χ2v) is 7.28. The summed E-state index contributed by atoms with van der Waals surface area (Å²) in [7, 11) is 0. The standard InChI is InChI=1S/C22H22O2/c23-21(16-7-3-1-4-8-16)20(19-14-15-11-12-18(19)13-15)22(24)17-9-5-2-6-10-17/h1-10,15,18-20H,11-14H2/t15-,18+,19+/m1/s1. The fourth-order valence-electron chi connectivity index (χ4n) is 4.77. The fourth-order valence-corrected chi connectivity index (χ4v) is 4.77. The summed E-state index contributed by atoms with van der Waals surface area (Å²) in [5, 5.41) is 0. The molecule has 0 amide bonds. The van der Waals surface area contributed by atoms with Crippen molar-refractivity contribution in [2.75, 3.05) is 0 Å². The van der Waals surface area contributed by atoms with E-state index in [2.05, 4.69) is 0 Å². The largest absolute Gasteiger partial charge is 0.293 e. The Bertz CT molecular complexity index is 684. The molecule has 4 rings (SSSR count). The molecule has 2 fully saturated rings. The van der Waals surface area contributed by atoms with Gasteiger partial charge in [0.2, 0.25) is 0 Å². The average molecular weight is 318 g/mol. The summed E-state index contributed by atoms with van der Waals surface area (Å²) < 4.78 is 0. The molecule has 0 unspecified atom stereocenters.